The van der Waals surface area contributed by atoms with Gasteiger partial charge in [0.05, 0.1) is 6.54 Å². The highest BCUT2D eigenvalue weighted by molar-refractivity contribution is 9.10. The van der Waals surface area contributed by atoms with Gasteiger partial charge in [-0.2, -0.15) is 5.10 Å². The van der Waals surface area contributed by atoms with Crippen molar-refractivity contribution in [1.29, 1.82) is 0 Å². The molecule has 0 aliphatic carbocycles. The molecule has 0 fully saturated rings. The molecular weight excluding hydrogens is 402 g/mol. The summed E-state index contributed by atoms with van der Waals surface area (Å²) in [6.07, 6.45) is 2.02. The number of amides is 1. The van der Waals surface area contributed by atoms with Gasteiger partial charge in [0.25, 0.3) is 5.56 Å². The Hall–Kier alpha value is -2.68. The van der Waals surface area contributed by atoms with E-state index in [1.807, 2.05) is 24.3 Å². The first kappa shape index (κ1) is 16.8. The third-order valence-electron chi connectivity index (χ3n) is 4.32. The fraction of sp³-hybridized carbons (Fsp3) is 0.294. The van der Waals surface area contributed by atoms with Crippen molar-refractivity contribution in [2.24, 2.45) is 7.05 Å². The van der Waals surface area contributed by atoms with Gasteiger partial charge in [-0.1, -0.05) is 18.2 Å². The van der Waals surface area contributed by atoms with Gasteiger partial charge >= 0.3 is 0 Å². The minimum absolute atomic E-state index is 0.0962. The van der Waals surface area contributed by atoms with E-state index >= 15 is 0 Å². The monoisotopic (exact) mass is 417 g/mol. The van der Waals surface area contributed by atoms with Crippen molar-refractivity contribution in [2.45, 2.75) is 19.1 Å². The van der Waals surface area contributed by atoms with Gasteiger partial charge in [-0.15, -0.1) is 0 Å². The summed E-state index contributed by atoms with van der Waals surface area (Å²) < 4.78 is 9.00. The summed E-state index contributed by atoms with van der Waals surface area (Å²) >= 11 is 3.26. The van der Waals surface area contributed by atoms with Crippen LogP contribution in [0.15, 0.2) is 40.0 Å². The fourth-order valence-electron chi connectivity index (χ4n) is 3.05. The number of ether oxygens (including phenoxy) is 1. The molecule has 8 nitrogen and oxygen atoms in total. The molecule has 3 aromatic rings. The van der Waals surface area contributed by atoms with Crippen LogP contribution in [0, 0.1) is 0 Å². The van der Waals surface area contributed by atoms with Gasteiger partial charge in [0.1, 0.15) is 34.7 Å². The van der Waals surface area contributed by atoms with Gasteiger partial charge < -0.3 is 10.1 Å². The van der Waals surface area contributed by atoms with Crippen molar-refractivity contribution in [3.63, 3.8) is 0 Å². The Morgan fingerprint density at radius 2 is 2.23 bits per heavy atom. The molecule has 9 heteroatoms. The second-order valence-electron chi connectivity index (χ2n) is 6.15. The Morgan fingerprint density at radius 1 is 1.42 bits per heavy atom. The summed E-state index contributed by atoms with van der Waals surface area (Å²) in [6.45, 7) is 0.275. The third-order valence-corrected chi connectivity index (χ3v) is 4.88. The molecule has 2 aromatic heterocycles. The minimum Gasteiger partial charge on any atom is -0.488 e. The molecule has 1 N–H and O–H groups in total. The lowest BCUT2D eigenvalue weighted by Gasteiger charge is -2.12. The molecule has 1 aliphatic rings. The molecule has 4 rings (SSSR count). The van der Waals surface area contributed by atoms with Crippen molar-refractivity contribution in [2.75, 3.05) is 6.54 Å². The first-order valence-electron chi connectivity index (χ1n) is 8.12. The van der Waals surface area contributed by atoms with Gasteiger partial charge in [0.15, 0.2) is 5.65 Å². The molecule has 26 heavy (non-hydrogen) atoms. The van der Waals surface area contributed by atoms with Gasteiger partial charge in [0, 0.05) is 13.5 Å². The maximum absolute atomic E-state index is 12.5. The average Bonchev–Trinajstić information content (AvgIpc) is 3.16. The molecule has 1 aromatic carbocycles. The van der Waals surface area contributed by atoms with E-state index in [9.17, 15) is 9.59 Å². The van der Waals surface area contributed by atoms with Crippen LogP contribution in [0.1, 0.15) is 5.56 Å². The largest absolute Gasteiger partial charge is 0.488 e. The molecule has 134 valence electrons. The molecule has 1 amide bonds. The Bertz CT molecular complexity index is 1030. The predicted molar refractivity (Wildman–Crippen MR) is 98.0 cm³/mol. The van der Waals surface area contributed by atoms with Gasteiger partial charge in [-0.3, -0.25) is 14.2 Å². The number of aromatic nitrogens is 4. The lowest BCUT2D eigenvalue weighted by molar-refractivity contribution is -0.122. The number of para-hydroxylation sites is 1. The molecule has 3 heterocycles. The molecule has 0 radical (unpaired) electrons. The summed E-state index contributed by atoms with van der Waals surface area (Å²) in [5, 5.41) is 7.30. The zero-order valence-corrected chi connectivity index (χ0v) is 15.6. The van der Waals surface area contributed by atoms with E-state index in [2.05, 4.69) is 31.3 Å². The Labute approximate surface area is 156 Å². The molecule has 1 atom stereocenters. The van der Waals surface area contributed by atoms with E-state index in [1.54, 1.807) is 7.05 Å². The quantitative estimate of drug-likeness (QED) is 0.683. The lowest BCUT2D eigenvalue weighted by Crippen LogP contribution is -2.38. The van der Waals surface area contributed by atoms with E-state index < -0.39 is 0 Å². The summed E-state index contributed by atoms with van der Waals surface area (Å²) in [5.74, 6) is 0.590. The van der Waals surface area contributed by atoms with Crippen LogP contribution in [0.5, 0.6) is 5.75 Å². The summed E-state index contributed by atoms with van der Waals surface area (Å²) in [4.78, 5) is 29.0. The molecular formula is C17H16BrN5O3. The van der Waals surface area contributed by atoms with Crippen LogP contribution >= 0.6 is 15.9 Å². The van der Waals surface area contributed by atoms with Crippen LogP contribution in [0.3, 0.4) is 0 Å². The highest BCUT2D eigenvalue weighted by atomic mass is 79.9. The van der Waals surface area contributed by atoms with Gasteiger partial charge in [-0.05, 0) is 27.6 Å². The average molecular weight is 418 g/mol. The van der Waals surface area contributed by atoms with Crippen molar-refractivity contribution in [1.82, 2.24) is 24.6 Å². The highest BCUT2D eigenvalue weighted by Gasteiger charge is 2.23. The molecule has 1 unspecified atom stereocenters. The number of fused-ring (bicyclic) bond motifs is 2. The lowest BCUT2D eigenvalue weighted by atomic mass is 10.1. The third kappa shape index (κ3) is 2.98. The summed E-state index contributed by atoms with van der Waals surface area (Å²) in [6, 6.07) is 7.83. The van der Waals surface area contributed by atoms with Gasteiger partial charge in [-0.25, -0.2) is 9.67 Å². The number of benzene rings is 1. The zero-order valence-electron chi connectivity index (χ0n) is 14.0. The Balaban J connectivity index is 1.41. The number of rotatable bonds is 4. The van der Waals surface area contributed by atoms with Crippen molar-refractivity contribution >= 4 is 32.9 Å². The van der Waals surface area contributed by atoms with E-state index in [4.69, 9.17) is 4.74 Å². The van der Waals surface area contributed by atoms with E-state index in [0.717, 1.165) is 17.7 Å². The van der Waals surface area contributed by atoms with E-state index in [-0.39, 0.29) is 24.1 Å². The molecule has 0 bridgehead atoms. The number of nitrogens with zero attached hydrogens (tertiary/aromatic N) is 4. The predicted octanol–water partition coefficient (Wildman–Crippen LogP) is 1.01. The van der Waals surface area contributed by atoms with Crippen molar-refractivity contribution < 1.29 is 9.53 Å². The number of aryl methyl sites for hydroxylation is 1. The standard InChI is InChI=1S/C17H16BrN5O3/c1-22-16-14(15(18)21-22)17(25)23(9-20-16)8-13(24)19-7-11-6-10-4-2-3-5-12(10)26-11/h2-5,9,11H,6-8H2,1H3,(H,19,24). The first-order valence-corrected chi connectivity index (χ1v) is 8.91. The second kappa shape index (κ2) is 6.56. The normalized spacial score (nSPS) is 15.7. The number of carbonyl (C=O) groups is 1. The summed E-state index contributed by atoms with van der Waals surface area (Å²) in [5.41, 5.74) is 1.30. The molecule has 0 spiro atoms. The number of nitrogens with one attached hydrogen (secondary N) is 1. The molecule has 1 aliphatic heterocycles. The maximum atomic E-state index is 12.5. The number of carbonyl (C=O) groups excluding carboxylic acids is 1. The first-order chi connectivity index (χ1) is 12.5. The van der Waals surface area contributed by atoms with E-state index in [0.29, 0.717) is 22.2 Å². The molecule has 0 saturated heterocycles. The zero-order chi connectivity index (χ0) is 18.3. The van der Waals surface area contributed by atoms with Crippen LogP contribution in [-0.4, -0.2) is 37.9 Å². The topological polar surface area (TPSA) is 91.0 Å². The van der Waals surface area contributed by atoms with Crippen LogP contribution in [0.25, 0.3) is 11.0 Å². The SMILES string of the molecule is Cn1nc(Br)c2c(=O)n(CC(=O)NCC3Cc4ccccc4O3)cnc21. The smallest absolute Gasteiger partial charge is 0.266 e. The minimum atomic E-state index is -0.311. The Morgan fingerprint density at radius 3 is 3.04 bits per heavy atom. The van der Waals surface area contributed by atoms with Crippen LogP contribution < -0.4 is 15.6 Å². The highest BCUT2D eigenvalue weighted by Crippen LogP contribution is 2.27. The number of hydrogen-bond acceptors (Lipinski definition) is 5. The number of halogens is 1. The fourth-order valence-corrected chi connectivity index (χ4v) is 3.64. The van der Waals surface area contributed by atoms with Crippen LogP contribution in [0.2, 0.25) is 0 Å². The van der Waals surface area contributed by atoms with Crippen molar-refractivity contribution in [3.8, 4) is 5.75 Å². The van der Waals surface area contributed by atoms with Crippen LogP contribution in [-0.2, 0) is 24.8 Å². The van der Waals surface area contributed by atoms with Gasteiger partial charge in [0.2, 0.25) is 5.91 Å². The number of hydrogen-bond donors (Lipinski definition) is 1. The van der Waals surface area contributed by atoms with Crippen LogP contribution in [0.4, 0.5) is 0 Å². The maximum Gasteiger partial charge on any atom is 0.266 e. The Kier molecular flexibility index (Phi) is 4.23. The summed E-state index contributed by atoms with van der Waals surface area (Å²) in [7, 11) is 1.70. The van der Waals surface area contributed by atoms with E-state index in [1.165, 1.54) is 15.6 Å². The van der Waals surface area contributed by atoms with Crippen molar-refractivity contribution in [3.05, 3.63) is 51.1 Å². The second-order valence-corrected chi connectivity index (χ2v) is 6.90. The molecule has 0 saturated carbocycles.